The lowest BCUT2D eigenvalue weighted by molar-refractivity contribution is 0.186. The van der Waals surface area contributed by atoms with Gasteiger partial charge in [-0.25, -0.2) is 0 Å². The highest BCUT2D eigenvalue weighted by Gasteiger charge is 2.25. The number of benzene rings is 1. The first kappa shape index (κ1) is 10.6. The molecule has 88 valence electrons. The third-order valence-corrected chi connectivity index (χ3v) is 3.65. The van der Waals surface area contributed by atoms with E-state index in [9.17, 15) is 5.11 Å². The van der Waals surface area contributed by atoms with Crippen LogP contribution in [0.1, 0.15) is 48.2 Å². The molecule has 3 rings (SSSR count). The van der Waals surface area contributed by atoms with E-state index in [1.807, 2.05) is 30.3 Å². The number of hydrogen-bond acceptors (Lipinski definition) is 2. The number of hydrogen-bond donors (Lipinski definition) is 1. The molecule has 2 heteroatoms. The van der Waals surface area contributed by atoms with Gasteiger partial charge in [0.2, 0.25) is 0 Å². The lowest BCUT2D eigenvalue weighted by atomic mass is 9.77. The Labute approximate surface area is 101 Å². The van der Waals surface area contributed by atoms with E-state index in [0.29, 0.717) is 11.7 Å². The zero-order valence-corrected chi connectivity index (χ0v) is 9.67. The Kier molecular flexibility index (Phi) is 2.73. The fourth-order valence-corrected chi connectivity index (χ4v) is 2.45. The fourth-order valence-electron chi connectivity index (χ4n) is 2.45. The minimum absolute atomic E-state index is 0.621. The molecule has 0 bridgehead atoms. The molecular formula is C15H16O2. The molecule has 1 unspecified atom stereocenters. The highest BCUT2D eigenvalue weighted by molar-refractivity contribution is 5.36. The van der Waals surface area contributed by atoms with Gasteiger partial charge in [-0.15, -0.1) is 0 Å². The zero-order valence-electron chi connectivity index (χ0n) is 9.67. The maximum Gasteiger partial charge on any atom is 0.137 e. The summed E-state index contributed by atoms with van der Waals surface area (Å²) >= 11 is 0. The summed E-state index contributed by atoms with van der Waals surface area (Å²) in [5.74, 6) is 1.24. The molecule has 0 saturated heterocycles. The molecular weight excluding hydrogens is 212 g/mol. The van der Waals surface area contributed by atoms with Crippen LogP contribution in [-0.2, 0) is 0 Å². The molecule has 1 aliphatic carbocycles. The molecule has 1 aliphatic rings. The van der Waals surface area contributed by atoms with E-state index in [-0.39, 0.29) is 0 Å². The van der Waals surface area contributed by atoms with Gasteiger partial charge in [0.15, 0.2) is 0 Å². The molecule has 2 aromatic rings. The van der Waals surface area contributed by atoms with Gasteiger partial charge < -0.3 is 9.52 Å². The summed E-state index contributed by atoms with van der Waals surface area (Å²) in [5, 5.41) is 10.3. The molecule has 17 heavy (non-hydrogen) atoms. The van der Waals surface area contributed by atoms with E-state index in [4.69, 9.17) is 4.42 Å². The van der Waals surface area contributed by atoms with Crippen LogP contribution >= 0.6 is 0 Å². The number of furan rings is 1. The SMILES string of the molecule is OC(c1ccco1)c1ccccc1C1CCC1. The second-order valence-corrected chi connectivity index (χ2v) is 4.67. The first-order chi connectivity index (χ1) is 8.36. The first-order valence-electron chi connectivity index (χ1n) is 6.16. The Bertz CT molecular complexity index is 483. The van der Waals surface area contributed by atoms with Crippen LogP contribution in [0.3, 0.4) is 0 Å². The Hall–Kier alpha value is -1.54. The highest BCUT2D eigenvalue weighted by atomic mass is 16.4. The molecule has 1 heterocycles. The molecule has 2 nitrogen and oxygen atoms in total. The van der Waals surface area contributed by atoms with Crippen LogP contribution in [0.2, 0.25) is 0 Å². The monoisotopic (exact) mass is 228 g/mol. The summed E-state index contributed by atoms with van der Waals surface area (Å²) in [6.45, 7) is 0. The molecule has 1 aromatic carbocycles. The normalized spacial score (nSPS) is 17.7. The van der Waals surface area contributed by atoms with E-state index in [1.54, 1.807) is 6.26 Å². The van der Waals surface area contributed by atoms with Gasteiger partial charge in [-0.05, 0) is 42.0 Å². The van der Waals surface area contributed by atoms with Gasteiger partial charge in [0, 0.05) is 0 Å². The summed E-state index contributed by atoms with van der Waals surface area (Å²) in [5.41, 5.74) is 2.27. The van der Waals surface area contributed by atoms with E-state index < -0.39 is 6.10 Å². The highest BCUT2D eigenvalue weighted by Crippen LogP contribution is 2.40. The Morgan fingerprint density at radius 1 is 1.12 bits per heavy atom. The third-order valence-electron chi connectivity index (χ3n) is 3.65. The quantitative estimate of drug-likeness (QED) is 0.870. The van der Waals surface area contributed by atoms with Gasteiger partial charge in [-0.3, -0.25) is 0 Å². The van der Waals surface area contributed by atoms with Crippen molar-refractivity contribution in [2.75, 3.05) is 0 Å². The van der Waals surface area contributed by atoms with Crippen LogP contribution in [0, 0.1) is 0 Å². The van der Waals surface area contributed by atoms with Crippen LogP contribution in [-0.4, -0.2) is 5.11 Å². The van der Waals surface area contributed by atoms with Crippen molar-refractivity contribution in [1.29, 1.82) is 0 Å². The van der Waals surface area contributed by atoms with Crippen LogP contribution in [0.5, 0.6) is 0 Å². The smallest absolute Gasteiger partial charge is 0.137 e. The van der Waals surface area contributed by atoms with Crippen molar-refractivity contribution in [3.05, 3.63) is 59.5 Å². The number of aliphatic hydroxyl groups is 1. The summed E-state index contributed by atoms with van der Waals surface area (Å²) in [6.07, 6.45) is 4.74. The topological polar surface area (TPSA) is 33.4 Å². The Morgan fingerprint density at radius 3 is 2.59 bits per heavy atom. The molecule has 1 saturated carbocycles. The molecule has 0 radical (unpaired) electrons. The van der Waals surface area contributed by atoms with Crippen molar-refractivity contribution in [3.63, 3.8) is 0 Å². The van der Waals surface area contributed by atoms with Gasteiger partial charge in [0.25, 0.3) is 0 Å². The van der Waals surface area contributed by atoms with Crippen molar-refractivity contribution in [3.8, 4) is 0 Å². The molecule has 0 spiro atoms. The second-order valence-electron chi connectivity index (χ2n) is 4.67. The van der Waals surface area contributed by atoms with Gasteiger partial charge >= 0.3 is 0 Å². The molecule has 1 N–H and O–H groups in total. The van der Waals surface area contributed by atoms with Crippen LogP contribution in [0.15, 0.2) is 47.1 Å². The molecule has 0 aliphatic heterocycles. The summed E-state index contributed by atoms with van der Waals surface area (Å²) in [4.78, 5) is 0. The minimum atomic E-state index is -0.637. The summed E-state index contributed by atoms with van der Waals surface area (Å²) in [7, 11) is 0. The lowest BCUT2D eigenvalue weighted by Gasteiger charge is -2.28. The maximum absolute atomic E-state index is 10.3. The average molecular weight is 228 g/mol. The Balaban J connectivity index is 1.96. The van der Waals surface area contributed by atoms with E-state index in [0.717, 1.165) is 5.56 Å². The molecule has 0 amide bonds. The number of aliphatic hydroxyl groups excluding tert-OH is 1. The zero-order chi connectivity index (χ0) is 11.7. The maximum atomic E-state index is 10.3. The fraction of sp³-hybridized carbons (Fsp3) is 0.333. The molecule has 1 fully saturated rings. The van der Waals surface area contributed by atoms with Gasteiger partial charge in [0.1, 0.15) is 11.9 Å². The van der Waals surface area contributed by atoms with Crippen molar-refractivity contribution < 1.29 is 9.52 Å². The molecule has 1 aromatic heterocycles. The third kappa shape index (κ3) is 1.89. The van der Waals surface area contributed by atoms with Crippen LogP contribution < -0.4 is 0 Å². The second kappa shape index (κ2) is 4.38. The van der Waals surface area contributed by atoms with Crippen molar-refractivity contribution in [1.82, 2.24) is 0 Å². The van der Waals surface area contributed by atoms with Gasteiger partial charge in [-0.2, -0.15) is 0 Å². The van der Waals surface area contributed by atoms with Crippen molar-refractivity contribution in [2.24, 2.45) is 0 Å². The molecule has 1 atom stereocenters. The summed E-state index contributed by atoms with van der Waals surface area (Å²) < 4.78 is 5.29. The van der Waals surface area contributed by atoms with E-state index in [2.05, 4.69) is 6.07 Å². The van der Waals surface area contributed by atoms with Crippen molar-refractivity contribution in [2.45, 2.75) is 31.3 Å². The first-order valence-corrected chi connectivity index (χ1v) is 6.16. The summed E-state index contributed by atoms with van der Waals surface area (Å²) in [6, 6.07) is 11.8. The minimum Gasteiger partial charge on any atom is -0.466 e. The number of rotatable bonds is 3. The van der Waals surface area contributed by atoms with Crippen molar-refractivity contribution >= 4 is 0 Å². The van der Waals surface area contributed by atoms with E-state index in [1.165, 1.54) is 24.8 Å². The lowest BCUT2D eigenvalue weighted by Crippen LogP contribution is -2.13. The van der Waals surface area contributed by atoms with Gasteiger partial charge in [0.05, 0.1) is 6.26 Å². The standard InChI is InChI=1S/C15H16O2/c16-15(14-9-4-10-17-14)13-8-2-1-7-12(13)11-5-3-6-11/h1-2,4,7-11,15-16H,3,5-6H2. The van der Waals surface area contributed by atoms with E-state index >= 15 is 0 Å². The predicted molar refractivity (Wildman–Crippen MR) is 65.8 cm³/mol. The Morgan fingerprint density at radius 2 is 1.94 bits per heavy atom. The predicted octanol–water partition coefficient (Wildman–Crippen LogP) is 3.63. The van der Waals surface area contributed by atoms with Gasteiger partial charge in [-0.1, -0.05) is 30.7 Å². The average Bonchev–Trinajstić information content (AvgIpc) is 2.80. The largest absolute Gasteiger partial charge is 0.466 e. The van der Waals surface area contributed by atoms with Crippen LogP contribution in [0.25, 0.3) is 0 Å². The van der Waals surface area contributed by atoms with Crippen LogP contribution in [0.4, 0.5) is 0 Å².